The van der Waals surface area contributed by atoms with Gasteiger partial charge in [-0.05, 0) is 32.6 Å². The van der Waals surface area contributed by atoms with E-state index >= 15 is 0 Å². The summed E-state index contributed by atoms with van der Waals surface area (Å²) < 4.78 is 0. The molecule has 1 unspecified atom stereocenters. The Bertz CT molecular complexity index is 347. The Morgan fingerprint density at radius 2 is 1.94 bits per heavy atom. The van der Waals surface area contributed by atoms with E-state index in [1.807, 2.05) is 0 Å². The van der Waals surface area contributed by atoms with Crippen molar-refractivity contribution in [3.63, 3.8) is 0 Å². The van der Waals surface area contributed by atoms with Gasteiger partial charge in [0.15, 0.2) is 0 Å². The number of hydrogen-bond acceptors (Lipinski definition) is 2. The summed E-state index contributed by atoms with van der Waals surface area (Å²) in [5.41, 5.74) is 0.503. The second kappa shape index (κ2) is 5.84. The van der Waals surface area contributed by atoms with Crippen molar-refractivity contribution >= 4 is 11.9 Å². The lowest BCUT2D eigenvalue weighted by atomic mass is 9.95. The first kappa shape index (κ1) is 13.7. The number of carboxylic acids is 1. The molecule has 0 spiro atoms. The third kappa shape index (κ3) is 3.32. The van der Waals surface area contributed by atoms with Gasteiger partial charge < -0.3 is 10.0 Å². The van der Waals surface area contributed by atoms with Crippen molar-refractivity contribution < 1.29 is 14.7 Å². The predicted molar refractivity (Wildman–Crippen MR) is 65.6 cm³/mol. The fourth-order valence-electron chi connectivity index (χ4n) is 2.14. The molecule has 0 bridgehead atoms. The fourth-order valence-corrected chi connectivity index (χ4v) is 2.14. The van der Waals surface area contributed by atoms with Gasteiger partial charge in [-0.15, -0.1) is 0 Å². The molecule has 1 atom stereocenters. The molecule has 0 aromatic heterocycles. The first-order valence-electron chi connectivity index (χ1n) is 6.17. The number of carboxylic acid groups (broad SMARTS) is 1. The SMILES string of the molecule is CCC1CCCN(C(=O)C(C)=C(C)C(=O)O)C1. The maximum atomic E-state index is 12.1. The average Bonchev–Trinajstić information content (AvgIpc) is 2.36. The van der Waals surface area contributed by atoms with Crippen LogP contribution in [0.15, 0.2) is 11.1 Å². The number of rotatable bonds is 3. The summed E-state index contributed by atoms with van der Waals surface area (Å²) in [7, 11) is 0. The van der Waals surface area contributed by atoms with E-state index in [9.17, 15) is 9.59 Å². The van der Waals surface area contributed by atoms with Crippen molar-refractivity contribution in [1.82, 2.24) is 4.90 Å². The number of amides is 1. The van der Waals surface area contributed by atoms with E-state index < -0.39 is 5.97 Å². The van der Waals surface area contributed by atoms with E-state index in [4.69, 9.17) is 5.11 Å². The van der Waals surface area contributed by atoms with Gasteiger partial charge in [0.05, 0.1) is 0 Å². The van der Waals surface area contributed by atoms with Crippen LogP contribution in [0.4, 0.5) is 0 Å². The van der Waals surface area contributed by atoms with Crippen molar-refractivity contribution in [3.8, 4) is 0 Å². The third-order valence-corrected chi connectivity index (χ3v) is 3.59. The van der Waals surface area contributed by atoms with Gasteiger partial charge in [-0.2, -0.15) is 0 Å². The summed E-state index contributed by atoms with van der Waals surface area (Å²) in [6, 6.07) is 0. The van der Waals surface area contributed by atoms with Crippen molar-refractivity contribution in [1.29, 1.82) is 0 Å². The molecule has 4 nitrogen and oxygen atoms in total. The molecule has 17 heavy (non-hydrogen) atoms. The van der Waals surface area contributed by atoms with Crippen molar-refractivity contribution in [3.05, 3.63) is 11.1 Å². The monoisotopic (exact) mass is 239 g/mol. The molecule has 1 fully saturated rings. The Morgan fingerprint density at radius 1 is 1.29 bits per heavy atom. The summed E-state index contributed by atoms with van der Waals surface area (Å²) in [4.78, 5) is 24.7. The van der Waals surface area contributed by atoms with Crippen LogP contribution in [0.2, 0.25) is 0 Å². The molecule has 1 N–H and O–H groups in total. The number of nitrogens with zero attached hydrogens (tertiary/aromatic N) is 1. The quantitative estimate of drug-likeness (QED) is 0.767. The van der Waals surface area contributed by atoms with E-state index in [2.05, 4.69) is 6.92 Å². The summed E-state index contributed by atoms with van der Waals surface area (Å²) >= 11 is 0. The molecule has 0 saturated carbocycles. The number of aliphatic carboxylic acids is 1. The number of hydrogen-bond donors (Lipinski definition) is 1. The highest BCUT2D eigenvalue weighted by Gasteiger charge is 2.24. The van der Waals surface area contributed by atoms with E-state index in [-0.39, 0.29) is 11.5 Å². The molecule has 1 heterocycles. The first-order chi connectivity index (χ1) is 7.97. The first-order valence-corrected chi connectivity index (χ1v) is 6.17. The molecular formula is C13H21NO3. The van der Waals surface area contributed by atoms with Gasteiger partial charge in [-0.3, -0.25) is 4.79 Å². The van der Waals surface area contributed by atoms with Gasteiger partial charge in [0.25, 0.3) is 0 Å². The summed E-state index contributed by atoms with van der Waals surface area (Å²) in [5, 5.41) is 8.87. The van der Waals surface area contributed by atoms with Gasteiger partial charge in [0, 0.05) is 24.2 Å². The largest absolute Gasteiger partial charge is 0.478 e. The predicted octanol–water partition coefficient (Wildman–Crippen LogP) is 2.06. The van der Waals surface area contributed by atoms with Crippen LogP contribution in [0.3, 0.4) is 0 Å². The molecule has 0 aliphatic carbocycles. The Balaban J connectivity index is 2.76. The molecule has 0 radical (unpaired) electrons. The molecule has 1 saturated heterocycles. The van der Waals surface area contributed by atoms with E-state index in [1.54, 1.807) is 11.8 Å². The zero-order valence-corrected chi connectivity index (χ0v) is 10.8. The lowest BCUT2D eigenvalue weighted by Crippen LogP contribution is -2.40. The Hall–Kier alpha value is -1.32. The van der Waals surface area contributed by atoms with Crippen LogP contribution < -0.4 is 0 Å². The third-order valence-electron chi connectivity index (χ3n) is 3.59. The van der Waals surface area contributed by atoms with Gasteiger partial charge in [-0.1, -0.05) is 13.3 Å². The van der Waals surface area contributed by atoms with Crippen molar-refractivity contribution in [2.24, 2.45) is 5.92 Å². The van der Waals surface area contributed by atoms with Crippen LogP contribution >= 0.6 is 0 Å². The molecule has 1 amide bonds. The van der Waals surface area contributed by atoms with Crippen molar-refractivity contribution in [2.45, 2.75) is 40.0 Å². The minimum atomic E-state index is -1.01. The topological polar surface area (TPSA) is 57.6 Å². The van der Waals surface area contributed by atoms with E-state index in [0.29, 0.717) is 11.5 Å². The number of piperidine rings is 1. The highest BCUT2D eigenvalue weighted by molar-refractivity contribution is 6.01. The minimum Gasteiger partial charge on any atom is -0.478 e. The highest BCUT2D eigenvalue weighted by atomic mass is 16.4. The lowest BCUT2D eigenvalue weighted by molar-refractivity contribution is -0.134. The normalized spacial score (nSPS) is 22.1. The van der Waals surface area contributed by atoms with Crippen molar-refractivity contribution in [2.75, 3.05) is 13.1 Å². The number of likely N-dealkylation sites (tertiary alicyclic amines) is 1. The Kier molecular flexibility index (Phi) is 4.73. The van der Waals surface area contributed by atoms with Crippen LogP contribution in [0.5, 0.6) is 0 Å². The molecule has 0 aromatic rings. The minimum absolute atomic E-state index is 0.122. The Labute approximate surface area is 102 Å². The summed E-state index contributed by atoms with van der Waals surface area (Å²) in [6.45, 7) is 6.72. The molecule has 0 aromatic carbocycles. The lowest BCUT2D eigenvalue weighted by Gasteiger charge is -2.32. The molecule has 1 aliphatic rings. The zero-order chi connectivity index (χ0) is 13.0. The van der Waals surface area contributed by atoms with Crippen LogP contribution in [0.25, 0.3) is 0 Å². The summed E-state index contributed by atoms with van der Waals surface area (Å²) in [5.74, 6) is -0.575. The zero-order valence-electron chi connectivity index (χ0n) is 10.8. The molecular weight excluding hydrogens is 218 g/mol. The second-order valence-corrected chi connectivity index (χ2v) is 4.72. The number of carbonyl (C=O) groups is 2. The smallest absolute Gasteiger partial charge is 0.331 e. The fraction of sp³-hybridized carbons (Fsp3) is 0.692. The van der Waals surface area contributed by atoms with Gasteiger partial charge >= 0.3 is 5.97 Å². The second-order valence-electron chi connectivity index (χ2n) is 4.72. The summed E-state index contributed by atoms with van der Waals surface area (Å²) in [6.07, 6.45) is 3.26. The standard InChI is InChI=1S/C13H21NO3/c1-4-11-6-5-7-14(8-11)12(15)9(2)10(3)13(16)17/h11H,4-8H2,1-3H3,(H,16,17). The maximum absolute atomic E-state index is 12.1. The highest BCUT2D eigenvalue weighted by Crippen LogP contribution is 2.21. The molecule has 1 rings (SSSR count). The molecule has 4 heteroatoms. The van der Waals surface area contributed by atoms with Gasteiger partial charge in [0.1, 0.15) is 0 Å². The van der Waals surface area contributed by atoms with Crippen LogP contribution in [-0.2, 0) is 9.59 Å². The maximum Gasteiger partial charge on any atom is 0.331 e. The molecule has 1 aliphatic heterocycles. The van der Waals surface area contributed by atoms with E-state index in [0.717, 1.165) is 25.9 Å². The Morgan fingerprint density at radius 3 is 2.47 bits per heavy atom. The van der Waals surface area contributed by atoms with Gasteiger partial charge in [-0.25, -0.2) is 4.79 Å². The molecule has 96 valence electrons. The van der Waals surface area contributed by atoms with E-state index in [1.165, 1.54) is 13.3 Å². The van der Waals surface area contributed by atoms with Gasteiger partial charge in [0.2, 0.25) is 5.91 Å². The van der Waals surface area contributed by atoms with Crippen LogP contribution in [0.1, 0.15) is 40.0 Å². The van der Waals surface area contributed by atoms with Crippen LogP contribution in [0, 0.1) is 5.92 Å². The van der Waals surface area contributed by atoms with Crippen LogP contribution in [-0.4, -0.2) is 35.0 Å². The average molecular weight is 239 g/mol. The number of carbonyl (C=O) groups excluding carboxylic acids is 1.